The summed E-state index contributed by atoms with van der Waals surface area (Å²) in [6.07, 6.45) is 0.745. The van der Waals surface area contributed by atoms with Gasteiger partial charge in [-0.25, -0.2) is 0 Å². The van der Waals surface area contributed by atoms with Crippen molar-refractivity contribution in [3.05, 3.63) is 35.9 Å². The molecule has 1 fully saturated rings. The van der Waals surface area contributed by atoms with Crippen LogP contribution in [-0.2, 0) is 20.9 Å². The number of esters is 1. The molecule has 1 aliphatic heterocycles. The summed E-state index contributed by atoms with van der Waals surface area (Å²) in [5, 5.41) is 3.09. The van der Waals surface area contributed by atoms with Gasteiger partial charge in [-0.05, 0) is 18.5 Å². The van der Waals surface area contributed by atoms with Crippen LogP contribution < -0.4 is 5.32 Å². The summed E-state index contributed by atoms with van der Waals surface area (Å²) in [6.45, 7) is 1.32. The van der Waals surface area contributed by atoms with Crippen molar-refractivity contribution in [3.8, 4) is 0 Å². The summed E-state index contributed by atoms with van der Waals surface area (Å²) >= 11 is 0. The summed E-state index contributed by atoms with van der Waals surface area (Å²) in [5.74, 6) is -0.249. The van der Waals surface area contributed by atoms with Gasteiger partial charge in [0.2, 0.25) is 0 Å². The van der Waals surface area contributed by atoms with E-state index in [-0.39, 0.29) is 18.1 Å². The van der Waals surface area contributed by atoms with Gasteiger partial charge in [-0.3, -0.25) is 4.79 Å². The van der Waals surface area contributed by atoms with Crippen LogP contribution in [0.15, 0.2) is 30.3 Å². The zero-order chi connectivity index (χ0) is 12.1. The zero-order valence-corrected chi connectivity index (χ0v) is 9.89. The minimum absolute atomic E-state index is 0.0948. The average molecular weight is 235 g/mol. The first-order chi connectivity index (χ1) is 8.31. The topological polar surface area (TPSA) is 47.6 Å². The van der Waals surface area contributed by atoms with Crippen molar-refractivity contribution < 1.29 is 14.3 Å². The number of methoxy groups -OCH3 is 1. The number of hydrogen-bond donors (Lipinski definition) is 1. The zero-order valence-electron chi connectivity index (χ0n) is 9.89. The van der Waals surface area contributed by atoms with Gasteiger partial charge in [0.1, 0.15) is 6.04 Å². The third-order valence-electron chi connectivity index (χ3n) is 2.93. The van der Waals surface area contributed by atoms with Crippen LogP contribution in [0.3, 0.4) is 0 Å². The Balaban J connectivity index is 1.88. The Labute approximate surface area is 101 Å². The minimum Gasteiger partial charge on any atom is -0.468 e. The molecule has 17 heavy (non-hydrogen) atoms. The Morgan fingerprint density at radius 1 is 1.41 bits per heavy atom. The van der Waals surface area contributed by atoms with E-state index in [1.807, 2.05) is 30.3 Å². The number of hydrogen-bond acceptors (Lipinski definition) is 4. The fourth-order valence-electron chi connectivity index (χ4n) is 2.00. The van der Waals surface area contributed by atoms with Crippen LogP contribution in [0.25, 0.3) is 0 Å². The van der Waals surface area contributed by atoms with E-state index < -0.39 is 0 Å². The molecule has 92 valence electrons. The van der Waals surface area contributed by atoms with E-state index in [2.05, 4.69) is 5.32 Å². The van der Waals surface area contributed by atoms with Gasteiger partial charge in [0.15, 0.2) is 0 Å². The molecule has 0 radical (unpaired) electrons. The molecule has 0 spiro atoms. The van der Waals surface area contributed by atoms with Gasteiger partial charge in [0.25, 0.3) is 0 Å². The third-order valence-corrected chi connectivity index (χ3v) is 2.93. The van der Waals surface area contributed by atoms with Gasteiger partial charge in [0.05, 0.1) is 19.8 Å². The van der Waals surface area contributed by atoms with E-state index in [4.69, 9.17) is 9.47 Å². The van der Waals surface area contributed by atoms with E-state index in [0.717, 1.165) is 18.5 Å². The maximum Gasteiger partial charge on any atom is 0.325 e. The van der Waals surface area contributed by atoms with E-state index >= 15 is 0 Å². The first kappa shape index (κ1) is 12.1. The third kappa shape index (κ3) is 3.05. The van der Waals surface area contributed by atoms with E-state index in [0.29, 0.717) is 6.61 Å². The minimum atomic E-state index is -0.330. The summed E-state index contributed by atoms with van der Waals surface area (Å²) in [4.78, 5) is 11.5. The summed E-state index contributed by atoms with van der Waals surface area (Å²) in [5.41, 5.74) is 1.11. The maximum absolute atomic E-state index is 11.5. The molecular formula is C13H17NO3. The Bertz CT molecular complexity index is 366. The number of nitrogens with one attached hydrogen (secondary N) is 1. The second kappa shape index (κ2) is 5.80. The Morgan fingerprint density at radius 3 is 2.88 bits per heavy atom. The predicted octanol–water partition coefficient (Wildman–Crippen LogP) is 1.11. The monoisotopic (exact) mass is 235 g/mol. The van der Waals surface area contributed by atoms with Gasteiger partial charge in [-0.15, -0.1) is 0 Å². The van der Waals surface area contributed by atoms with Gasteiger partial charge in [-0.2, -0.15) is 0 Å². The molecule has 1 heterocycles. The van der Waals surface area contributed by atoms with Crippen LogP contribution in [-0.4, -0.2) is 31.8 Å². The van der Waals surface area contributed by atoms with Crippen molar-refractivity contribution >= 4 is 5.97 Å². The van der Waals surface area contributed by atoms with Crippen LogP contribution in [0.2, 0.25) is 0 Å². The molecule has 0 aromatic heterocycles. The predicted molar refractivity (Wildman–Crippen MR) is 63.4 cm³/mol. The second-order valence-corrected chi connectivity index (χ2v) is 4.08. The molecule has 1 saturated heterocycles. The molecule has 4 heteroatoms. The van der Waals surface area contributed by atoms with Crippen molar-refractivity contribution in [2.45, 2.75) is 25.2 Å². The fourth-order valence-corrected chi connectivity index (χ4v) is 2.00. The lowest BCUT2D eigenvalue weighted by Crippen LogP contribution is -2.40. The van der Waals surface area contributed by atoms with E-state index in [1.165, 1.54) is 7.11 Å². The molecule has 0 amide bonds. The van der Waals surface area contributed by atoms with Crippen molar-refractivity contribution in [1.82, 2.24) is 5.32 Å². The molecule has 1 aromatic rings. The van der Waals surface area contributed by atoms with Crippen molar-refractivity contribution in [3.63, 3.8) is 0 Å². The lowest BCUT2D eigenvalue weighted by molar-refractivity contribution is -0.146. The van der Waals surface area contributed by atoms with Gasteiger partial charge >= 0.3 is 5.97 Å². The largest absolute Gasteiger partial charge is 0.468 e. The maximum atomic E-state index is 11.5. The normalized spacial score (nSPS) is 23.6. The van der Waals surface area contributed by atoms with Gasteiger partial charge in [0, 0.05) is 0 Å². The van der Waals surface area contributed by atoms with Gasteiger partial charge in [-0.1, -0.05) is 30.3 Å². The highest BCUT2D eigenvalue weighted by atomic mass is 16.5. The first-order valence-corrected chi connectivity index (χ1v) is 5.78. The second-order valence-electron chi connectivity index (χ2n) is 4.08. The molecule has 4 nitrogen and oxygen atoms in total. The average Bonchev–Trinajstić information content (AvgIpc) is 2.85. The summed E-state index contributed by atoms with van der Waals surface area (Å²) in [6, 6.07) is 9.61. The molecule has 0 aliphatic carbocycles. The quantitative estimate of drug-likeness (QED) is 0.794. The van der Waals surface area contributed by atoms with Gasteiger partial charge < -0.3 is 14.8 Å². The van der Waals surface area contributed by atoms with Crippen LogP contribution in [0.4, 0.5) is 0 Å². The lowest BCUT2D eigenvalue weighted by atomic mass is 10.1. The van der Waals surface area contributed by atoms with Crippen LogP contribution in [0, 0.1) is 0 Å². The van der Waals surface area contributed by atoms with Crippen molar-refractivity contribution in [1.29, 1.82) is 0 Å². The number of rotatable bonds is 4. The van der Waals surface area contributed by atoms with Crippen molar-refractivity contribution in [2.75, 3.05) is 13.7 Å². The van der Waals surface area contributed by atoms with Crippen LogP contribution in [0.5, 0.6) is 0 Å². The molecule has 1 unspecified atom stereocenters. The molecule has 1 N–H and O–H groups in total. The van der Waals surface area contributed by atoms with Crippen molar-refractivity contribution in [2.24, 2.45) is 0 Å². The van der Waals surface area contributed by atoms with Crippen LogP contribution >= 0.6 is 0 Å². The molecule has 0 bridgehead atoms. The smallest absolute Gasteiger partial charge is 0.325 e. The number of ether oxygens (including phenoxy) is 2. The number of carbonyl (C=O) groups excluding carboxylic acids is 1. The van der Waals surface area contributed by atoms with E-state index in [1.54, 1.807) is 0 Å². The highest BCUT2D eigenvalue weighted by Gasteiger charge is 2.34. The first-order valence-electron chi connectivity index (χ1n) is 5.78. The Morgan fingerprint density at radius 2 is 2.18 bits per heavy atom. The summed E-state index contributed by atoms with van der Waals surface area (Å²) in [7, 11) is 1.40. The Kier molecular flexibility index (Phi) is 4.12. The SMILES string of the molecule is COC(=O)[C@H]1NCCC1OCc1ccccc1. The highest BCUT2D eigenvalue weighted by Crippen LogP contribution is 2.15. The fraction of sp³-hybridized carbons (Fsp3) is 0.462. The standard InChI is InChI=1S/C13H17NO3/c1-16-13(15)12-11(7-8-14-12)17-9-10-5-3-2-4-6-10/h2-6,11-12,14H,7-9H2,1H3/t11?,12-/m0/s1. The number of benzene rings is 1. The lowest BCUT2D eigenvalue weighted by Gasteiger charge is -2.17. The molecule has 0 saturated carbocycles. The molecular weight excluding hydrogens is 218 g/mol. The highest BCUT2D eigenvalue weighted by molar-refractivity contribution is 5.76. The molecule has 1 aliphatic rings. The molecule has 2 atom stereocenters. The molecule has 1 aromatic carbocycles. The van der Waals surface area contributed by atoms with Crippen LogP contribution in [0.1, 0.15) is 12.0 Å². The Hall–Kier alpha value is -1.39. The molecule has 2 rings (SSSR count). The summed E-state index contributed by atoms with van der Waals surface area (Å²) < 4.78 is 10.5. The van der Waals surface area contributed by atoms with E-state index in [9.17, 15) is 4.79 Å². The number of carbonyl (C=O) groups is 1.